The fraction of sp³-hybridized carbons (Fsp3) is 0.444. The van der Waals surface area contributed by atoms with E-state index in [1.165, 1.54) is 12.1 Å². The Balaban J connectivity index is 0.00000243. The van der Waals surface area contributed by atoms with Crippen LogP contribution in [0.5, 0.6) is 0 Å². The number of oxazole rings is 1. The second-order valence-corrected chi connectivity index (χ2v) is 6.03. The number of hydrogen-bond donors (Lipinski definition) is 2. The highest BCUT2D eigenvalue weighted by Crippen LogP contribution is 2.19. The van der Waals surface area contributed by atoms with E-state index in [1.807, 2.05) is 6.92 Å². The number of aliphatic hydroxyl groups excluding tert-OH is 1. The van der Waals surface area contributed by atoms with Gasteiger partial charge in [-0.05, 0) is 37.6 Å². The summed E-state index contributed by atoms with van der Waals surface area (Å²) in [5, 5.41) is 12.9. The van der Waals surface area contributed by atoms with Gasteiger partial charge in [0, 0.05) is 38.2 Å². The second kappa shape index (κ2) is 9.86. The van der Waals surface area contributed by atoms with Crippen molar-refractivity contribution in [3.05, 3.63) is 42.0 Å². The number of β-amino-alcohol motifs (C(OH)–C–C–N with tert-alkyl or cyclic N) is 1. The zero-order valence-electron chi connectivity index (χ0n) is 14.7. The van der Waals surface area contributed by atoms with Gasteiger partial charge in [0.25, 0.3) is 0 Å². The van der Waals surface area contributed by atoms with Crippen LogP contribution in [0.4, 0.5) is 4.39 Å². The number of hydrogen-bond acceptors (Lipinski definition) is 4. The lowest BCUT2D eigenvalue weighted by atomic mass is 10.2. The average Bonchev–Trinajstić information content (AvgIpc) is 3.24. The summed E-state index contributed by atoms with van der Waals surface area (Å²) < 4.78 is 18.4. The fourth-order valence-electron chi connectivity index (χ4n) is 2.78. The Bertz CT molecular complexity index is 720. The molecule has 0 amide bonds. The Hall–Kier alpha value is -1.68. The van der Waals surface area contributed by atoms with E-state index in [-0.39, 0.29) is 35.9 Å². The molecule has 142 valence electrons. The number of nitrogens with zero attached hydrogens (tertiary/aromatic N) is 3. The molecule has 6 nitrogen and oxygen atoms in total. The number of aliphatic imine (C=N–C) groups is 1. The van der Waals surface area contributed by atoms with Crippen molar-refractivity contribution in [2.24, 2.45) is 4.99 Å². The topological polar surface area (TPSA) is 73.9 Å². The van der Waals surface area contributed by atoms with Gasteiger partial charge in [0.1, 0.15) is 12.1 Å². The molecule has 0 bridgehead atoms. The smallest absolute Gasteiger partial charge is 0.226 e. The first-order chi connectivity index (χ1) is 12.2. The van der Waals surface area contributed by atoms with Crippen LogP contribution in [0.25, 0.3) is 11.5 Å². The quantitative estimate of drug-likeness (QED) is 0.396. The van der Waals surface area contributed by atoms with E-state index < -0.39 is 0 Å². The number of guanidine groups is 1. The molecule has 1 aromatic carbocycles. The number of rotatable bonds is 5. The molecule has 2 heterocycles. The number of aromatic nitrogens is 1. The van der Waals surface area contributed by atoms with Crippen LogP contribution in [0.15, 0.2) is 39.9 Å². The number of aliphatic hydroxyl groups is 1. The van der Waals surface area contributed by atoms with Crippen molar-refractivity contribution < 1.29 is 13.9 Å². The molecule has 0 radical (unpaired) electrons. The van der Waals surface area contributed by atoms with Gasteiger partial charge in [-0.3, -0.25) is 4.99 Å². The molecule has 0 unspecified atom stereocenters. The number of benzene rings is 1. The van der Waals surface area contributed by atoms with Gasteiger partial charge in [0.15, 0.2) is 5.96 Å². The largest absolute Gasteiger partial charge is 0.444 e. The highest BCUT2D eigenvalue weighted by atomic mass is 127. The molecule has 1 aliphatic rings. The molecule has 26 heavy (non-hydrogen) atoms. The van der Waals surface area contributed by atoms with Crippen molar-refractivity contribution in [1.82, 2.24) is 15.2 Å². The minimum atomic E-state index is -0.284. The number of halogens is 2. The monoisotopic (exact) mass is 474 g/mol. The summed E-state index contributed by atoms with van der Waals surface area (Å²) in [4.78, 5) is 11.1. The van der Waals surface area contributed by atoms with Gasteiger partial charge in [-0.1, -0.05) is 0 Å². The predicted molar refractivity (Wildman–Crippen MR) is 109 cm³/mol. The van der Waals surface area contributed by atoms with Crippen LogP contribution in [0.1, 0.15) is 19.0 Å². The lowest BCUT2D eigenvalue weighted by molar-refractivity contribution is 0.188. The Kier molecular flexibility index (Phi) is 7.83. The standard InChI is InChI=1S/C18H23FN4O2.HI/c1-2-20-18(23-10-8-16(24)11-23)21-9-7-15-12-25-17(22-15)13-3-5-14(19)6-4-13;/h3-6,12,16,24H,2,7-11H2,1H3,(H,20,21);1H/t16-;/m1./s1. The molecule has 2 N–H and O–H groups in total. The van der Waals surface area contributed by atoms with Gasteiger partial charge in [-0.15, -0.1) is 24.0 Å². The van der Waals surface area contributed by atoms with Crippen molar-refractivity contribution >= 4 is 29.9 Å². The molecule has 8 heteroatoms. The van der Waals surface area contributed by atoms with Crippen molar-refractivity contribution in [2.75, 3.05) is 26.2 Å². The third-order valence-electron chi connectivity index (χ3n) is 4.07. The normalized spacial score (nSPS) is 17.3. The molecule has 1 fully saturated rings. The van der Waals surface area contributed by atoms with Gasteiger partial charge < -0.3 is 19.7 Å². The summed E-state index contributed by atoms with van der Waals surface area (Å²) in [7, 11) is 0. The van der Waals surface area contributed by atoms with Crippen molar-refractivity contribution in [2.45, 2.75) is 25.9 Å². The Morgan fingerprint density at radius 2 is 2.19 bits per heavy atom. The maximum atomic E-state index is 13.0. The lowest BCUT2D eigenvalue weighted by Crippen LogP contribution is -2.40. The first kappa shape index (κ1) is 20.6. The Morgan fingerprint density at radius 3 is 2.85 bits per heavy atom. The molecule has 1 aliphatic heterocycles. The maximum Gasteiger partial charge on any atom is 0.226 e. The Labute approximate surface area is 169 Å². The minimum Gasteiger partial charge on any atom is -0.444 e. The van der Waals surface area contributed by atoms with Gasteiger partial charge in [0.05, 0.1) is 11.8 Å². The second-order valence-electron chi connectivity index (χ2n) is 6.03. The summed E-state index contributed by atoms with van der Waals surface area (Å²) >= 11 is 0. The first-order valence-corrected chi connectivity index (χ1v) is 8.57. The predicted octanol–water partition coefficient (Wildman–Crippen LogP) is 2.67. The van der Waals surface area contributed by atoms with Crippen LogP contribution in [0, 0.1) is 5.82 Å². The maximum absolute atomic E-state index is 13.0. The average molecular weight is 474 g/mol. The van der Waals surface area contributed by atoms with Crippen LogP contribution < -0.4 is 5.32 Å². The van der Waals surface area contributed by atoms with Crippen molar-refractivity contribution in [1.29, 1.82) is 0 Å². The van der Waals surface area contributed by atoms with Gasteiger partial charge in [0.2, 0.25) is 5.89 Å². The molecule has 0 spiro atoms. The van der Waals surface area contributed by atoms with Gasteiger partial charge in [-0.25, -0.2) is 9.37 Å². The van der Waals surface area contributed by atoms with Crippen LogP contribution in [0.3, 0.4) is 0 Å². The molecule has 1 saturated heterocycles. The summed E-state index contributed by atoms with van der Waals surface area (Å²) in [6, 6.07) is 6.06. The van der Waals surface area contributed by atoms with Crippen LogP contribution in [0.2, 0.25) is 0 Å². The summed E-state index contributed by atoms with van der Waals surface area (Å²) in [6.07, 6.45) is 2.75. The molecular formula is C18H24FIN4O2. The lowest BCUT2D eigenvalue weighted by Gasteiger charge is -2.20. The van der Waals surface area contributed by atoms with E-state index in [1.54, 1.807) is 18.4 Å². The molecular weight excluding hydrogens is 450 g/mol. The highest BCUT2D eigenvalue weighted by Gasteiger charge is 2.22. The summed E-state index contributed by atoms with van der Waals surface area (Å²) in [6.45, 7) is 4.80. The van der Waals surface area contributed by atoms with Crippen LogP contribution in [-0.2, 0) is 6.42 Å². The highest BCUT2D eigenvalue weighted by molar-refractivity contribution is 14.0. The molecule has 0 saturated carbocycles. The van der Waals surface area contributed by atoms with Gasteiger partial charge >= 0.3 is 0 Å². The molecule has 0 aliphatic carbocycles. The van der Waals surface area contributed by atoms with Crippen LogP contribution >= 0.6 is 24.0 Å². The third-order valence-corrected chi connectivity index (χ3v) is 4.07. The zero-order valence-corrected chi connectivity index (χ0v) is 17.0. The zero-order chi connectivity index (χ0) is 17.6. The van der Waals surface area contributed by atoms with E-state index in [0.29, 0.717) is 25.4 Å². The molecule has 1 atom stereocenters. The molecule has 3 rings (SSSR count). The number of likely N-dealkylation sites (tertiary alicyclic amines) is 1. The van der Waals surface area contributed by atoms with E-state index in [0.717, 1.165) is 36.7 Å². The molecule has 2 aromatic rings. The summed E-state index contributed by atoms with van der Waals surface area (Å²) in [5.41, 5.74) is 1.55. The van der Waals surface area contributed by atoms with E-state index in [9.17, 15) is 9.50 Å². The fourth-order valence-corrected chi connectivity index (χ4v) is 2.78. The van der Waals surface area contributed by atoms with Crippen molar-refractivity contribution in [3.63, 3.8) is 0 Å². The van der Waals surface area contributed by atoms with E-state index >= 15 is 0 Å². The van der Waals surface area contributed by atoms with E-state index in [2.05, 4.69) is 20.2 Å². The first-order valence-electron chi connectivity index (χ1n) is 8.57. The number of nitrogens with one attached hydrogen (secondary N) is 1. The molecule has 1 aromatic heterocycles. The van der Waals surface area contributed by atoms with E-state index in [4.69, 9.17) is 4.42 Å². The summed E-state index contributed by atoms with van der Waals surface area (Å²) in [5.74, 6) is 1.02. The van der Waals surface area contributed by atoms with Gasteiger partial charge in [-0.2, -0.15) is 0 Å². The SMILES string of the molecule is CCNC(=NCCc1coc(-c2ccc(F)cc2)n1)N1CC[C@@H](O)C1.I. The van der Waals surface area contributed by atoms with Crippen LogP contribution in [-0.4, -0.2) is 53.2 Å². The van der Waals surface area contributed by atoms with Crippen molar-refractivity contribution in [3.8, 4) is 11.5 Å². The Morgan fingerprint density at radius 1 is 1.42 bits per heavy atom. The third kappa shape index (κ3) is 5.41. The minimum absolute atomic E-state index is 0.